The lowest BCUT2D eigenvalue weighted by molar-refractivity contribution is 0.783. The van der Waals surface area contributed by atoms with E-state index in [1.54, 1.807) is 22.2 Å². The molecule has 0 saturated carbocycles. The number of thiazole rings is 1. The van der Waals surface area contributed by atoms with E-state index in [0.29, 0.717) is 6.54 Å². The molecule has 120 valence electrons. The van der Waals surface area contributed by atoms with Crippen LogP contribution < -0.4 is 10.2 Å². The SMILES string of the molecule is Cc1nc(NCc2csc(N3CCCC3)n2)c2cnn(C)c2n1. The van der Waals surface area contributed by atoms with Gasteiger partial charge in [0.1, 0.15) is 11.6 Å². The van der Waals surface area contributed by atoms with Crippen LogP contribution >= 0.6 is 11.3 Å². The van der Waals surface area contributed by atoms with Gasteiger partial charge in [-0.25, -0.2) is 15.0 Å². The number of fused-ring (bicyclic) bond motifs is 1. The van der Waals surface area contributed by atoms with Crippen LogP contribution in [0.4, 0.5) is 10.9 Å². The van der Waals surface area contributed by atoms with Crippen molar-refractivity contribution in [2.45, 2.75) is 26.3 Å². The maximum Gasteiger partial charge on any atom is 0.185 e. The molecule has 4 heterocycles. The maximum atomic E-state index is 4.73. The zero-order valence-corrected chi connectivity index (χ0v) is 14.1. The first-order valence-corrected chi connectivity index (χ1v) is 8.68. The van der Waals surface area contributed by atoms with E-state index in [2.05, 4.69) is 30.7 Å². The quantitative estimate of drug-likeness (QED) is 0.792. The van der Waals surface area contributed by atoms with Gasteiger partial charge in [-0.1, -0.05) is 0 Å². The van der Waals surface area contributed by atoms with Gasteiger partial charge >= 0.3 is 0 Å². The third kappa shape index (κ3) is 2.74. The Bertz CT molecular complexity index is 832. The first-order chi connectivity index (χ1) is 11.2. The zero-order valence-electron chi connectivity index (χ0n) is 13.3. The average Bonchev–Trinajstić information content (AvgIpc) is 3.26. The van der Waals surface area contributed by atoms with Gasteiger partial charge in [-0.2, -0.15) is 5.10 Å². The second kappa shape index (κ2) is 5.77. The Balaban J connectivity index is 1.53. The Morgan fingerprint density at radius 1 is 1.22 bits per heavy atom. The van der Waals surface area contributed by atoms with Crippen molar-refractivity contribution in [2.75, 3.05) is 23.3 Å². The molecule has 1 aliphatic heterocycles. The molecule has 0 radical (unpaired) electrons. The molecule has 8 heteroatoms. The summed E-state index contributed by atoms with van der Waals surface area (Å²) < 4.78 is 1.77. The summed E-state index contributed by atoms with van der Waals surface area (Å²) in [4.78, 5) is 16.0. The van der Waals surface area contributed by atoms with E-state index in [1.165, 1.54) is 12.8 Å². The highest BCUT2D eigenvalue weighted by Gasteiger charge is 2.16. The minimum Gasteiger partial charge on any atom is -0.364 e. The molecule has 1 aliphatic rings. The topological polar surface area (TPSA) is 71.8 Å². The van der Waals surface area contributed by atoms with Crippen molar-refractivity contribution in [2.24, 2.45) is 7.05 Å². The Hall–Kier alpha value is -2.22. The first-order valence-electron chi connectivity index (χ1n) is 7.80. The fourth-order valence-electron chi connectivity index (χ4n) is 2.87. The van der Waals surface area contributed by atoms with Gasteiger partial charge in [-0.05, 0) is 19.8 Å². The van der Waals surface area contributed by atoms with Crippen molar-refractivity contribution in [1.29, 1.82) is 0 Å². The summed E-state index contributed by atoms with van der Waals surface area (Å²) in [5, 5.41) is 11.8. The van der Waals surface area contributed by atoms with E-state index in [4.69, 9.17) is 4.98 Å². The minimum absolute atomic E-state index is 0.658. The number of hydrogen-bond donors (Lipinski definition) is 1. The van der Waals surface area contributed by atoms with Crippen LogP contribution in [0.1, 0.15) is 24.4 Å². The van der Waals surface area contributed by atoms with Gasteiger partial charge < -0.3 is 10.2 Å². The zero-order chi connectivity index (χ0) is 15.8. The number of aromatic nitrogens is 5. The minimum atomic E-state index is 0.658. The number of rotatable bonds is 4. The Morgan fingerprint density at radius 2 is 2.04 bits per heavy atom. The van der Waals surface area contributed by atoms with Crippen LogP contribution in [0.15, 0.2) is 11.6 Å². The summed E-state index contributed by atoms with van der Waals surface area (Å²) in [6.07, 6.45) is 4.34. The summed E-state index contributed by atoms with van der Waals surface area (Å²) in [7, 11) is 1.89. The average molecular weight is 329 g/mol. The van der Waals surface area contributed by atoms with Crippen molar-refractivity contribution in [3.05, 3.63) is 23.1 Å². The number of aryl methyl sites for hydroxylation is 2. The molecule has 23 heavy (non-hydrogen) atoms. The van der Waals surface area contributed by atoms with Gasteiger partial charge in [0.25, 0.3) is 0 Å². The predicted octanol–water partition coefficient (Wildman–Crippen LogP) is 2.34. The first kappa shape index (κ1) is 14.4. The molecule has 0 spiro atoms. The van der Waals surface area contributed by atoms with Crippen LogP contribution in [0, 0.1) is 6.92 Å². The number of nitrogens with zero attached hydrogens (tertiary/aromatic N) is 6. The predicted molar refractivity (Wildman–Crippen MR) is 91.9 cm³/mol. The lowest BCUT2D eigenvalue weighted by atomic mass is 10.3. The number of anilines is 2. The number of nitrogens with one attached hydrogen (secondary N) is 1. The number of hydrogen-bond acceptors (Lipinski definition) is 7. The van der Waals surface area contributed by atoms with E-state index >= 15 is 0 Å². The standard InChI is InChI=1S/C15H19N7S/c1-10-18-13(12-8-17-21(2)14(12)19-10)16-7-11-9-23-15(20-11)22-5-3-4-6-22/h8-9H,3-7H2,1-2H3,(H,16,18,19). The van der Waals surface area contributed by atoms with E-state index in [-0.39, 0.29) is 0 Å². The summed E-state index contributed by atoms with van der Waals surface area (Å²) in [5.74, 6) is 1.55. The van der Waals surface area contributed by atoms with Crippen LogP contribution in [-0.2, 0) is 13.6 Å². The fraction of sp³-hybridized carbons (Fsp3) is 0.467. The molecule has 0 bridgehead atoms. The molecular formula is C15H19N7S. The largest absolute Gasteiger partial charge is 0.364 e. The summed E-state index contributed by atoms with van der Waals surface area (Å²) in [5.41, 5.74) is 1.89. The van der Waals surface area contributed by atoms with Gasteiger partial charge in [0.15, 0.2) is 10.8 Å². The van der Waals surface area contributed by atoms with Gasteiger partial charge in [0.2, 0.25) is 0 Å². The third-order valence-corrected chi connectivity index (χ3v) is 5.01. The van der Waals surface area contributed by atoms with Crippen molar-refractivity contribution < 1.29 is 0 Å². The summed E-state index contributed by atoms with van der Waals surface area (Å²) >= 11 is 1.72. The molecule has 3 aromatic heterocycles. The molecule has 0 atom stereocenters. The highest BCUT2D eigenvalue weighted by Crippen LogP contribution is 2.25. The molecule has 0 aromatic carbocycles. The van der Waals surface area contributed by atoms with Crippen molar-refractivity contribution in [3.63, 3.8) is 0 Å². The van der Waals surface area contributed by atoms with Crippen LogP contribution in [0.3, 0.4) is 0 Å². The molecule has 4 rings (SSSR count). The van der Waals surface area contributed by atoms with Gasteiger partial charge in [-0.15, -0.1) is 11.3 Å². The van der Waals surface area contributed by atoms with Crippen molar-refractivity contribution in [3.8, 4) is 0 Å². The second-order valence-electron chi connectivity index (χ2n) is 5.79. The van der Waals surface area contributed by atoms with Crippen LogP contribution in [0.25, 0.3) is 11.0 Å². The van der Waals surface area contributed by atoms with E-state index in [1.807, 2.05) is 14.0 Å². The molecule has 0 amide bonds. The van der Waals surface area contributed by atoms with E-state index in [9.17, 15) is 0 Å². The Kier molecular flexibility index (Phi) is 3.60. The van der Waals surface area contributed by atoms with Crippen molar-refractivity contribution in [1.82, 2.24) is 24.7 Å². The second-order valence-corrected chi connectivity index (χ2v) is 6.63. The highest BCUT2D eigenvalue weighted by molar-refractivity contribution is 7.13. The Labute approximate surface area is 138 Å². The molecule has 1 fully saturated rings. The molecule has 1 N–H and O–H groups in total. The van der Waals surface area contributed by atoms with E-state index in [0.717, 1.165) is 46.6 Å². The molecule has 0 aliphatic carbocycles. The molecule has 1 saturated heterocycles. The van der Waals surface area contributed by atoms with Crippen LogP contribution in [-0.4, -0.2) is 37.8 Å². The lowest BCUT2D eigenvalue weighted by Gasteiger charge is -2.12. The highest BCUT2D eigenvalue weighted by atomic mass is 32.1. The van der Waals surface area contributed by atoms with Crippen molar-refractivity contribution >= 4 is 33.3 Å². The lowest BCUT2D eigenvalue weighted by Crippen LogP contribution is -2.17. The van der Waals surface area contributed by atoms with E-state index < -0.39 is 0 Å². The van der Waals surface area contributed by atoms with Gasteiger partial charge in [-0.3, -0.25) is 4.68 Å². The molecule has 7 nitrogen and oxygen atoms in total. The summed E-state index contributed by atoms with van der Waals surface area (Å²) in [6, 6.07) is 0. The molecule has 0 unspecified atom stereocenters. The molecule has 3 aromatic rings. The maximum absolute atomic E-state index is 4.73. The third-order valence-electron chi connectivity index (χ3n) is 4.06. The Morgan fingerprint density at radius 3 is 2.87 bits per heavy atom. The smallest absolute Gasteiger partial charge is 0.185 e. The van der Waals surface area contributed by atoms with Crippen LogP contribution in [0.2, 0.25) is 0 Å². The fourth-order valence-corrected chi connectivity index (χ4v) is 3.75. The molecular weight excluding hydrogens is 310 g/mol. The van der Waals surface area contributed by atoms with Gasteiger partial charge in [0.05, 0.1) is 23.8 Å². The summed E-state index contributed by atoms with van der Waals surface area (Å²) in [6.45, 7) is 4.81. The normalized spacial score (nSPS) is 14.8. The monoisotopic (exact) mass is 329 g/mol. The van der Waals surface area contributed by atoms with Crippen LogP contribution in [0.5, 0.6) is 0 Å². The van der Waals surface area contributed by atoms with Gasteiger partial charge in [0, 0.05) is 25.5 Å².